The van der Waals surface area contributed by atoms with Gasteiger partial charge in [0.05, 0.1) is 70.0 Å². The molecule has 0 spiro atoms. The van der Waals surface area contributed by atoms with Gasteiger partial charge in [-0.15, -0.1) is 0 Å². The zero-order valence-electron chi connectivity index (χ0n) is 50.6. The molecule has 488 valence electrons. The van der Waals surface area contributed by atoms with Crippen molar-refractivity contribution in [1.29, 1.82) is 0 Å². The number of phenols is 1. The topological polar surface area (TPSA) is 156 Å². The Morgan fingerprint density at radius 2 is 0.699 bits per heavy atom. The third-order valence-corrected chi connectivity index (χ3v) is 13.4. The molecule has 0 aliphatic rings. The van der Waals surface area contributed by atoms with Crippen molar-refractivity contribution in [3.63, 3.8) is 0 Å². The molecule has 9 aromatic carbocycles. The van der Waals surface area contributed by atoms with Crippen LogP contribution in [0.2, 0.25) is 0 Å². The number of halogens is 10. The quantitative estimate of drug-likeness (QED) is 0.0584. The third-order valence-electron chi connectivity index (χ3n) is 12.9. The number of carboxylic acid groups (broad SMARTS) is 1. The fourth-order valence-corrected chi connectivity index (χ4v) is 9.10. The maximum absolute atomic E-state index is 12.8. The maximum atomic E-state index is 12.8. The molecule has 0 atom stereocenters. The van der Waals surface area contributed by atoms with E-state index in [-0.39, 0.29) is 37.0 Å². The minimum Gasteiger partial charge on any atom is -0.508 e. The number of aromatic hydroxyl groups is 1. The van der Waals surface area contributed by atoms with Gasteiger partial charge < -0.3 is 43.4 Å². The van der Waals surface area contributed by atoms with Crippen molar-refractivity contribution in [2.24, 2.45) is 0 Å². The molecule has 0 aliphatic heterocycles. The fourth-order valence-electron chi connectivity index (χ4n) is 8.70. The summed E-state index contributed by atoms with van der Waals surface area (Å²) < 4.78 is 152. The molecule has 0 aromatic heterocycles. The summed E-state index contributed by atoms with van der Waals surface area (Å²) in [5.74, 6) is 1.80. The molecule has 0 heterocycles. The second kappa shape index (κ2) is 33.9. The zero-order valence-corrected chi connectivity index (χ0v) is 52.1. The van der Waals surface area contributed by atoms with Crippen LogP contribution in [0.3, 0.4) is 0 Å². The van der Waals surface area contributed by atoms with Crippen LogP contribution in [0.5, 0.6) is 46.0 Å². The molecule has 9 aromatic rings. The molecule has 93 heavy (non-hydrogen) atoms. The average molecular weight is 1360 g/mol. The first-order valence-corrected chi connectivity index (χ1v) is 29.1. The number of aliphatic carboxylic acids is 1. The Morgan fingerprint density at radius 3 is 1.03 bits per heavy atom. The van der Waals surface area contributed by atoms with Gasteiger partial charge in [0.15, 0.2) is 0 Å². The van der Waals surface area contributed by atoms with E-state index in [0.717, 1.165) is 52.0 Å². The Bertz CT molecular complexity index is 3910. The SMILES string of the molecule is CCOc1cc(CC(=O)O)cc(Oc2cccc(-c3ccc(C(F)(F)F)cc3)c2)c1.CCOc1cc(CC(=O)OC)cc(Oc2cccc(-c3ccc(C(F)(F)F)cc3)c2)c1.CCOc1cc(O)cc(CC(=O)OC)c1.FC(F)(F)c1ccc(-c2cccc(Br)c2)cc1. The Hall–Kier alpha value is -9.96. The van der Waals surface area contributed by atoms with Gasteiger partial charge >= 0.3 is 36.4 Å². The fraction of sp³-hybridized carbons (Fsp3) is 0.197. The van der Waals surface area contributed by atoms with Crippen molar-refractivity contribution in [3.8, 4) is 79.4 Å². The number of carbonyl (C=O) groups excluding carboxylic acids is 2. The third kappa shape index (κ3) is 23.7. The molecule has 22 heteroatoms. The number of rotatable bonds is 19. The van der Waals surface area contributed by atoms with E-state index in [9.17, 15) is 59.0 Å². The van der Waals surface area contributed by atoms with Gasteiger partial charge in [-0.3, -0.25) is 14.4 Å². The predicted molar refractivity (Wildman–Crippen MR) is 336 cm³/mol. The molecule has 0 amide bonds. The van der Waals surface area contributed by atoms with E-state index < -0.39 is 41.2 Å². The van der Waals surface area contributed by atoms with Gasteiger partial charge in [-0.05, 0) is 180 Å². The molecule has 0 unspecified atom stereocenters. The number of ether oxygens (including phenoxy) is 7. The van der Waals surface area contributed by atoms with Crippen molar-refractivity contribution in [3.05, 3.63) is 238 Å². The van der Waals surface area contributed by atoms with Crippen molar-refractivity contribution in [1.82, 2.24) is 0 Å². The van der Waals surface area contributed by atoms with E-state index in [1.807, 2.05) is 45.0 Å². The standard InChI is InChI=1S/C24H21F3O4.C23H19F3O4.C13H8BrF3.C11H14O4/c1-3-30-21-11-16(13-23(28)29-2)12-22(15-21)31-20-6-4-5-18(14-20)17-7-9-19(10-8-17)24(25,26)27;1-2-29-20-10-15(12-22(27)28)11-21(14-20)30-19-5-3-4-17(13-19)16-6-8-18(9-7-16)23(24,25)26;14-12-3-1-2-10(8-12)9-4-6-11(7-5-9)13(15,16)17;1-3-15-10-5-8(4-9(12)7-10)6-11(13)14-2/h4-12,14-15H,3,13H2,1-2H3;3-11,13-14H,2,12H2,1H3,(H,27,28);1-8H;4-5,7,12H,3,6H2,1-2H3. The minimum atomic E-state index is -4.39. The van der Waals surface area contributed by atoms with Crippen LogP contribution >= 0.6 is 15.9 Å². The monoisotopic (exact) mass is 1360 g/mol. The lowest BCUT2D eigenvalue weighted by atomic mass is 10.0. The second-order valence-electron chi connectivity index (χ2n) is 19.8. The minimum absolute atomic E-state index is 0.0688. The molecular formula is C71H62BrF9O12. The molecule has 2 N–H and O–H groups in total. The number of benzene rings is 9. The summed E-state index contributed by atoms with van der Waals surface area (Å²) in [6.07, 6.45) is -13.0. The molecule has 0 bridgehead atoms. The number of esters is 2. The highest BCUT2D eigenvalue weighted by atomic mass is 79.9. The molecule has 0 saturated heterocycles. The lowest BCUT2D eigenvalue weighted by molar-refractivity contribution is -0.140. The maximum Gasteiger partial charge on any atom is 0.416 e. The van der Waals surface area contributed by atoms with Gasteiger partial charge in [0.2, 0.25) is 0 Å². The van der Waals surface area contributed by atoms with Gasteiger partial charge in [-0.25, -0.2) is 0 Å². The van der Waals surface area contributed by atoms with Gasteiger partial charge in [0.25, 0.3) is 0 Å². The van der Waals surface area contributed by atoms with Crippen LogP contribution in [0.15, 0.2) is 205 Å². The first kappa shape index (κ1) is 72.1. The van der Waals surface area contributed by atoms with Crippen LogP contribution in [-0.2, 0) is 61.6 Å². The van der Waals surface area contributed by atoms with Crippen molar-refractivity contribution in [2.75, 3.05) is 34.0 Å². The Morgan fingerprint density at radius 1 is 0.376 bits per heavy atom. The lowest BCUT2D eigenvalue weighted by Crippen LogP contribution is -2.05. The van der Waals surface area contributed by atoms with Gasteiger partial charge in [0.1, 0.15) is 46.0 Å². The summed E-state index contributed by atoms with van der Waals surface area (Å²) in [4.78, 5) is 33.7. The molecule has 12 nitrogen and oxygen atoms in total. The highest BCUT2D eigenvalue weighted by Gasteiger charge is 2.32. The van der Waals surface area contributed by atoms with E-state index in [4.69, 9.17) is 33.5 Å². The van der Waals surface area contributed by atoms with Crippen LogP contribution in [0.25, 0.3) is 33.4 Å². The van der Waals surface area contributed by atoms with Crippen molar-refractivity contribution < 1.29 is 97.3 Å². The van der Waals surface area contributed by atoms with E-state index in [1.165, 1.54) is 62.8 Å². The summed E-state index contributed by atoms with van der Waals surface area (Å²) in [6.45, 7) is 6.90. The summed E-state index contributed by atoms with van der Waals surface area (Å²) in [5.41, 5.74) is 4.13. The van der Waals surface area contributed by atoms with E-state index in [0.29, 0.717) is 99.0 Å². The highest BCUT2D eigenvalue weighted by molar-refractivity contribution is 9.10. The lowest BCUT2D eigenvalue weighted by Gasteiger charge is -2.12. The molecule has 0 saturated carbocycles. The summed E-state index contributed by atoms with van der Waals surface area (Å²) in [6, 6.07) is 51.1. The van der Waals surface area contributed by atoms with Crippen molar-refractivity contribution >= 4 is 33.8 Å². The van der Waals surface area contributed by atoms with Crippen LogP contribution < -0.4 is 23.7 Å². The largest absolute Gasteiger partial charge is 0.508 e. The smallest absolute Gasteiger partial charge is 0.416 e. The Kier molecular flexibility index (Phi) is 26.3. The van der Waals surface area contributed by atoms with Crippen LogP contribution in [-0.4, -0.2) is 62.2 Å². The summed E-state index contributed by atoms with van der Waals surface area (Å²) in [5, 5.41) is 18.4. The summed E-state index contributed by atoms with van der Waals surface area (Å²) in [7, 11) is 2.65. The Balaban J connectivity index is 0.000000206. The Labute approximate surface area is 538 Å². The van der Waals surface area contributed by atoms with E-state index in [1.54, 1.807) is 91.0 Å². The van der Waals surface area contributed by atoms with Crippen LogP contribution in [0.1, 0.15) is 54.2 Å². The van der Waals surface area contributed by atoms with Crippen LogP contribution in [0.4, 0.5) is 39.5 Å². The summed E-state index contributed by atoms with van der Waals surface area (Å²) >= 11 is 3.33. The van der Waals surface area contributed by atoms with Crippen molar-refractivity contribution in [2.45, 2.75) is 58.6 Å². The van der Waals surface area contributed by atoms with Crippen LogP contribution in [0, 0.1) is 0 Å². The molecule has 0 radical (unpaired) electrons. The zero-order chi connectivity index (χ0) is 67.9. The van der Waals surface area contributed by atoms with Gasteiger partial charge in [-0.2, -0.15) is 39.5 Å². The number of hydrogen-bond acceptors (Lipinski definition) is 11. The van der Waals surface area contributed by atoms with E-state index >= 15 is 0 Å². The molecule has 0 aliphatic carbocycles. The second-order valence-corrected chi connectivity index (χ2v) is 20.7. The first-order valence-electron chi connectivity index (χ1n) is 28.3. The van der Waals surface area contributed by atoms with E-state index in [2.05, 4.69) is 20.7 Å². The first-order chi connectivity index (χ1) is 44.1. The highest BCUT2D eigenvalue weighted by Crippen LogP contribution is 2.37. The number of alkyl halides is 9. The van der Waals surface area contributed by atoms with Gasteiger partial charge in [0, 0.05) is 22.7 Å². The number of carboxylic acids is 1. The van der Waals surface area contributed by atoms with Gasteiger partial charge in [-0.1, -0.05) is 88.7 Å². The number of hydrogen-bond donors (Lipinski definition) is 2. The molecular weight excluding hydrogens is 1300 g/mol. The predicted octanol–water partition coefficient (Wildman–Crippen LogP) is 19.1. The number of methoxy groups -OCH3 is 2. The normalized spacial score (nSPS) is 11.0. The number of phenolic OH excluding ortho intramolecular Hbond substituents is 1. The molecule has 0 fully saturated rings. The average Bonchev–Trinajstić information content (AvgIpc) is 1.13. The number of carbonyl (C=O) groups is 3. The molecule has 9 rings (SSSR count).